The molecule has 1 aliphatic heterocycles. The largest absolute Gasteiger partial charge is 0.497 e. The SMILES string of the molecule is COc1ccc(C(OC[C@H]2O[C@@H](n3ccc(NC(C)=O)nc3=O)[C@H](OP(O)NCCC#N)[C@@H]2O[Si](C)(C)C(C)(C)C)(c2ccccc2)c2ccc(OC)cc2)cc1. The molecule has 1 fully saturated rings. The van der Waals surface area contributed by atoms with Gasteiger partial charge in [0, 0.05) is 26.1 Å². The van der Waals surface area contributed by atoms with E-state index in [9.17, 15) is 14.5 Å². The van der Waals surface area contributed by atoms with Crippen molar-refractivity contribution in [3.8, 4) is 17.6 Å². The van der Waals surface area contributed by atoms with Crippen LogP contribution in [0.5, 0.6) is 11.5 Å². The summed E-state index contributed by atoms with van der Waals surface area (Å²) in [5.74, 6) is 1.03. The number of rotatable bonds is 17. The molecule has 0 aliphatic carbocycles. The minimum Gasteiger partial charge on any atom is -0.497 e. The number of nitriles is 1. The summed E-state index contributed by atoms with van der Waals surface area (Å²) >= 11 is 0. The van der Waals surface area contributed by atoms with Gasteiger partial charge in [-0.15, -0.1) is 0 Å². The molecule has 3 N–H and O–H groups in total. The highest BCUT2D eigenvalue weighted by atomic mass is 31.2. The summed E-state index contributed by atoms with van der Waals surface area (Å²) in [6, 6.07) is 28.7. The molecule has 4 aromatic rings. The quantitative estimate of drug-likeness (QED) is 0.0450. The van der Waals surface area contributed by atoms with Gasteiger partial charge < -0.3 is 38.1 Å². The van der Waals surface area contributed by atoms with Crippen molar-refractivity contribution in [1.82, 2.24) is 14.6 Å². The van der Waals surface area contributed by atoms with Crippen LogP contribution < -0.4 is 25.6 Å². The maximum absolute atomic E-state index is 13.7. The third kappa shape index (κ3) is 10.2. The van der Waals surface area contributed by atoms with Crippen LogP contribution in [-0.4, -0.2) is 74.4 Å². The van der Waals surface area contributed by atoms with Crippen molar-refractivity contribution in [1.29, 1.82) is 5.26 Å². The van der Waals surface area contributed by atoms with Crippen LogP contribution >= 0.6 is 8.53 Å². The smallest absolute Gasteiger partial charge is 0.351 e. The average Bonchev–Trinajstić information content (AvgIpc) is 3.50. The van der Waals surface area contributed by atoms with Crippen molar-refractivity contribution in [2.75, 3.05) is 32.7 Å². The minimum atomic E-state index is -2.63. The van der Waals surface area contributed by atoms with Crippen LogP contribution in [0.2, 0.25) is 18.1 Å². The van der Waals surface area contributed by atoms with E-state index in [2.05, 4.69) is 49.3 Å². The molecule has 1 unspecified atom stereocenters. The molecule has 0 spiro atoms. The second kappa shape index (κ2) is 18.8. The number of carbonyl (C=O) groups is 1. The molecule has 0 radical (unpaired) electrons. The monoisotopic (exact) mass is 817 g/mol. The van der Waals surface area contributed by atoms with E-state index < -0.39 is 52.7 Å². The molecule has 0 bridgehead atoms. The Morgan fingerprint density at radius 2 is 1.53 bits per heavy atom. The molecule has 57 heavy (non-hydrogen) atoms. The second-order valence-corrected chi connectivity index (χ2v) is 20.9. The van der Waals surface area contributed by atoms with Gasteiger partial charge in [0.25, 0.3) is 8.53 Å². The molecule has 3 aromatic carbocycles. The standard InChI is InChI=1S/C41H52N5O9PSi/c1-28(47)44-35-23-26-46(39(48)45-35)38-37(54-56(49)43-25-12-24-42)36(55-57(7,8)40(2,3)4)34(53-38)27-52-41(29-13-10-9-11-14-29,30-15-19-32(50-5)20-16-30)31-17-21-33(51-6)22-18-31/h9-11,13-23,26,34,36-38,43,49H,12,25,27H2,1-8H3,(H,44,45,47,48)/t34-,36-,37-,38-,56?/m1/s1. The molecule has 1 aromatic heterocycles. The van der Waals surface area contributed by atoms with E-state index in [0.29, 0.717) is 11.5 Å². The second-order valence-electron chi connectivity index (χ2n) is 15.1. The van der Waals surface area contributed by atoms with E-state index in [-0.39, 0.29) is 36.3 Å². The fraction of sp³-hybridized carbons (Fsp3) is 0.415. The lowest BCUT2D eigenvalue weighted by atomic mass is 9.80. The molecular weight excluding hydrogens is 766 g/mol. The van der Waals surface area contributed by atoms with E-state index >= 15 is 0 Å². The first-order valence-electron chi connectivity index (χ1n) is 18.6. The first kappa shape index (κ1) is 43.6. The summed E-state index contributed by atoms with van der Waals surface area (Å²) in [4.78, 5) is 40.7. The third-order valence-corrected chi connectivity index (χ3v) is 15.7. The number of methoxy groups -OCH3 is 2. The lowest BCUT2D eigenvalue weighted by Crippen LogP contribution is -2.51. The van der Waals surface area contributed by atoms with Crippen molar-refractivity contribution in [2.45, 2.75) is 82.4 Å². The summed E-state index contributed by atoms with van der Waals surface area (Å²) in [5, 5.41) is 14.3. The fourth-order valence-corrected chi connectivity index (χ4v) is 8.49. The number of nitrogens with one attached hydrogen (secondary N) is 2. The first-order valence-corrected chi connectivity index (χ1v) is 22.7. The topological polar surface area (TPSA) is 175 Å². The Balaban J connectivity index is 1.66. The van der Waals surface area contributed by atoms with E-state index in [0.717, 1.165) is 16.7 Å². The van der Waals surface area contributed by atoms with Gasteiger partial charge in [0.15, 0.2) is 14.5 Å². The number of amides is 1. The van der Waals surface area contributed by atoms with E-state index in [1.807, 2.05) is 84.9 Å². The Hall–Kier alpha value is -4.49. The van der Waals surface area contributed by atoms with E-state index in [1.54, 1.807) is 14.2 Å². The number of aromatic nitrogens is 2. The van der Waals surface area contributed by atoms with Crippen LogP contribution in [0.25, 0.3) is 0 Å². The summed E-state index contributed by atoms with van der Waals surface area (Å²) < 4.78 is 39.8. The van der Waals surface area contributed by atoms with Gasteiger partial charge in [0.2, 0.25) is 5.91 Å². The predicted octanol–water partition coefficient (Wildman–Crippen LogP) is 6.62. The number of anilines is 1. The number of nitrogens with zero attached hydrogens (tertiary/aromatic N) is 3. The highest BCUT2D eigenvalue weighted by Gasteiger charge is 2.53. The van der Waals surface area contributed by atoms with Gasteiger partial charge in [0.05, 0.1) is 26.9 Å². The molecule has 0 saturated carbocycles. The van der Waals surface area contributed by atoms with Crippen molar-refractivity contribution in [3.05, 3.63) is 118 Å². The number of hydrogen-bond acceptors (Lipinski definition) is 12. The Kier molecular flexibility index (Phi) is 14.4. The number of hydrogen-bond donors (Lipinski definition) is 3. The Labute approximate surface area is 336 Å². The molecule has 1 saturated heterocycles. The van der Waals surface area contributed by atoms with Gasteiger partial charge in [-0.3, -0.25) is 9.36 Å². The van der Waals surface area contributed by atoms with Crippen LogP contribution in [0.3, 0.4) is 0 Å². The van der Waals surface area contributed by atoms with Gasteiger partial charge in [-0.05, 0) is 65.2 Å². The molecule has 1 amide bonds. The first-order chi connectivity index (χ1) is 27.1. The van der Waals surface area contributed by atoms with Gasteiger partial charge in [-0.25, -0.2) is 9.88 Å². The number of benzene rings is 3. The molecule has 5 rings (SSSR count). The molecule has 14 nitrogen and oxygen atoms in total. The highest BCUT2D eigenvalue weighted by Crippen LogP contribution is 2.47. The van der Waals surface area contributed by atoms with Crippen LogP contribution in [0, 0.1) is 11.3 Å². The Morgan fingerprint density at radius 1 is 0.947 bits per heavy atom. The van der Waals surface area contributed by atoms with Crippen molar-refractivity contribution >= 4 is 28.6 Å². The van der Waals surface area contributed by atoms with Gasteiger partial charge in [-0.1, -0.05) is 75.4 Å². The van der Waals surface area contributed by atoms with Crippen molar-refractivity contribution in [3.63, 3.8) is 0 Å². The number of carbonyl (C=O) groups excluding carboxylic acids is 1. The van der Waals surface area contributed by atoms with Crippen molar-refractivity contribution in [2.24, 2.45) is 0 Å². The average molecular weight is 818 g/mol. The van der Waals surface area contributed by atoms with Crippen LogP contribution in [-0.2, 0) is 28.8 Å². The summed E-state index contributed by atoms with van der Waals surface area (Å²) in [7, 11) is -1.72. The summed E-state index contributed by atoms with van der Waals surface area (Å²) in [5.41, 5.74) is 0.512. The molecule has 5 atom stereocenters. The Bertz CT molecular complexity index is 1990. The lowest BCUT2D eigenvalue weighted by Gasteiger charge is -2.41. The zero-order valence-electron chi connectivity index (χ0n) is 33.6. The van der Waals surface area contributed by atoms with Crippen LogP contribution in [0.4, 0.5) is 5.82 Å². The van der Waals surface area contributed by atoms with Crippen LogP contribution in [0.1, 0.15) is 57.0 Å². The lowest BCUT2D eigenvalue weighted by molar-refractivity contribution is -0.114. The Morgan fingerprint density at radius 3 is 2.04 bits per heavy atom. The molecule has 1 aliphatic rings. The normalized spacial score (nSPS) is 19.1. The van der Waals surface area contributed by atoms with Crippen molar-refractivity contribution < 1.29 is 37.6 Å². The summed E-state index contributed by atoms with van der Waals surface area (Å²) in [6.07, 6.45) is -2.34. The maximum Gasteiger partial charge on any atom is 0.351 e. The molecule has 16 heteroatoms. The maximum atomic E-state index is 13.7. The van der Waals surface area contributed by atoms with Crippen LogP contribution in [0.15, 0.2) is 95.9 Å². The molecule has 304 valence electrons. The van der Waals surface area contributed by atoms with Gasteiger partial charge >= 0.3 is 5.69 Å². The zero-order valence-corrected chi connectivity index (χ0v) is 35.5. The van der Waals surface area contributed by atoms with Gasteiger partial charge in [0.1, 0.15) is 41.2 Å². The fourth-order valence-electron chi connectivity index (χ4n) is 6.34. The molecule has 2 heterocycles. The molecular formula is C41H52N5O9PSi. The zero-order chi connectivity index (χ0) is 41.4. The number of ether oxygens (including phenoxy) is 4. The predicted molar refractivity (Wildman–Crippen MR) is 219 cm³/mol. The van der Waals surface area contributed by atoms with E-state index in [4.69, 9.17) is 33.2 Å². The van der Waals surface area contributed by atoms with Gasteiger partial charge in [-0.2, -0.15) is 10.2 Å². The summed E-state index contributed by atoms with van der Waals surface area (Å²) in [6.45, 7) is 12.0. The third-order valence-electron chi connectivity index (χ3n) is 10.3. The van der Waals surface area contributed by atoms with E-state index in [1.165, 1.54) is 23.8 Å². The highest BCUT2D eigenvalue weighted by molar-refractivity contribution is 7.43. The minimum absolute atomic E-state index is 0.0695.